The normalized spacial score (nSPS) is 13.3. The summed E-state index contributed by atoms with van der Waals surface area (Å²) in [6, 6.07) is 9.47. The largest absolute Gasteiger partial charge is 0.436 e. The van der Waals surface area contributed by atoms with Crippen LogP contribution in [0.3, 0.4) is 0 Å². The van der Waals surface area contributed by atoms with Crippen molar-refractivity contribution < 1.29 is 8.23 Å². The first-order valence-electron chi connectivity index (χ1n) is 9.91. The average Bonchev–Trinajstić information content (AvgIpc) is 2.62. The Hall–Kier alpha value is 0.311. The molecule has 0 N–H and O–H groups in total. The second kappa shape index (κ2) is 11.0. The first-order valence-corrected chi connectivity index (χ1v) is 17.2. The van der Waals surface area contributed by atoms with E-state index < -0.39 is 25.2 Å². The molecule has 0 aromatic rings. The minimum Gasteiger partial charge on any atom is -0.436 e. The molecule has 5 heteroatoms. The van der Waals surface area contributed by atoms with Gasteiger partial charge in [0.15, 0.2) is 16.6 Å². The molecule has 0 aromatic heterocycles. The lowest BCUT2D eigenvalue weighted by atomic mass is 10.5. The number of allylic oxidation sites excluding steroid dienone is 1. The third-order valence-electron chi connectivity index (χ3n) is 5.91. The minimum absolute atomic E-state index is 1.09. The molecule has 0 rings (SSSR count). The fraction of sp³-hybridized carbons (Fsp3) is 0.889. The van der Waals surface area contributed by atoms with Crippen molar-refractivity contribution in [2.45, 2.75) is 103 Å². The van der Waals surface area contributed by atoms with Crippen LogP contribution in [0.5, 0.6) is 0 Å². The maximum absolute atomic E-state index is 7.13. The zero-order valence-corrected chi connectivity index (χ0v) is 20.0. The van der Waals surface area contributed by atoms with Crippen molar-refractivity contribution in [2.24, 2.45) is 0 Å². The van der Waals surface area contributed by atoms with Crippen LogP contribution in [-0.4, -0.2) is 25.2 Å². The van der Waals surface area contributed by atoms with E-state index in [0.717, 1.165) is 18.5 Å². The van der Waals surface area contributed by atoms with Crippen LogP contribution in [0.1, 0.15) is 54.9 Å². The Kier molecular flexibility index (Phi) is 11.2. The number of hydrogen-bond acceptors (Lipinski definition) is 2. The quantitative estimate of drug-likeness (QED) is 0.239. The van der Waals surface area contributed by atoms with Crippen LogP contribution in [-0.2, 0) is 8.23 Å². The van der Waals surface area contributed by atoms with Crippen molar-refractivity contribution in [3.63, 3.8) is 0 Å². The highest BCUT2D eigenvalue weighted by atomic mass is 28.5. The molecule has 0 radical (unpaired) electrons. The summed E-state index contributed by atoms with van der Waals surface area (Å²) in [6.07, 6.45) is 3.14. The van der Waals surface area contributed by atoms with E-state index in [1.807, 2.05) is 0 Å². The highest BCUT2D eigenvalue weighted by Gasteiger charge is 2.47. The van der Waals surface area contributed by atoms with Crippen molar-refractivity contribution in [3.8, 4) is 0 Å². The second-order valence-electron chi connectivity index (χ2n) is 6.78. The fourth-order valence-electron chi connectivity index (χ4n) is 3.48. The van der Waals surface area contributed by atoms with Gasteiger partial charge < -0.3 is 8.23 Å². The van der Waals surface area contributed by atoms with Crippen molar-refractivity contribution in [2.75, 3.05) is 0 Å². The molecule has 23 heavy (non-hydrogen) atoms. The van der Waals surface area contributed by atoms with E-state index in [2.05, 4.69) is 61.1 Å². The van der Waals surface area contributed by atoms with Gasteiger partial charge in [-0.1, -0.05) is 54.5 Å². The van der Waals surface area contributed by atoms with Gasteiger partial charge in [0.2, 0.25) is 0 Å². The zero-order valence-electron chi connectivity index (χ0n) is 17.0. The molecule has 0 aromatic carbocycles. The molecule has 0 bridgehead atoms. The molecule has 0 aliphatic rings. The summed E-state index contributed by atoms with van der Waals surface area (Å²) < 4.78 is 14.2. The van der Waals surface area contributed by atoms with Crippen LogP contribution in [0.25, 0.3) is 0 Å². The van der Waals surface area contributed by atoms with Gasteiger partial charge in [-0.3, -0.25) is 0 Å². The predicted molar refractivity (Wildman–Crippen MR) is 112 cm³/mol. The van der Waals surface area contributed by atoms with Crippen LogP contribution in [0, 0.1) is 0 Å². The second-order valence-corrected chi connectivity index (χ2v) is 20.4. The van der Waals surface area contributed by atoms with Crippen LogP contribution in [0.4, 0.5) is 0 Å². The molecule has 0 saturated heterocycles. The van der Waals surface area contributed by atoms with E-state index in [9.17, 15) is 0 Å². The van der Waals surface area contributed by atoms with Crippen molar-refractivity contribution in [1.82, 2.24) is 0 Å². The summed E-state index contributed by atoms with van der Waals surface area (Å²) in [5, 5.41) is 0. The van der Waals surface area contributed by atoms with Gasteiger partial charge in [0, 0.05) is 0 Å². The standard InChI is InChI=1S/C18H42O2Si3/c1-9-17-18-22(13-5,14-6)20-23(15-7,16-8)19-21(10-2,11-3)12-4/h9H,1,10-18H2,2-8H3. The Morgan fingerprint density at radius 2 is 1.04 bits per heavy atom. The van der Waals surface area contributed by atoms with Gasteiger partial charge in [0.05, 0.1) is 0 Å². The van der Waals surface area contributed by atoms with Crippen molar-refractivity contribution >= 4 is 25.2 Å². The molecular formula is C18H42O2Si3. The highest BCUT2D eigenvalue weighted by molar-refractivity contribution is 6.90. The Bertz CT molecular complexity index is 314. The highest BCUT2D eigenvalue weighted by Crippen LogP contribution is 2.36. The third kappa shape index (κ3) is 6.27. The summed E-state index contributed by atoms with van der Waals surface area (Å²) in [5.41, 5.74) is 0. The monoisotopic (exact) mass is 374 g/mol. The van der Waals surface area contributed by atoms with E-state index in [1.54, 1.807) is 0 Å². The lowest BCUT2D eigenvalue weighted by Gasteiger charge is -2.45. The Morgan fingerprint density at radius 1 is 0.652 bits per heavy atom. The van der Waals surface area contributed by atoms with E-state index in [0.29, 0.717) is 0 Å². The smallest absolute Gasteiger partial charge is 0.317 e. The summed E-state index contributed by atoms with van der Waals surface area (Å²) in [4.78, 5) is 0. The lowest BCUT2D eigenvalue weighted by molar-refractivity contribution is 0.360. The molecular weight excluding hydrogens is 332 g/mol. The number of rotatable bonds is 14. The van der Waals surface area contributed by atoms with Crippen LogP contribution in [0.15, 0.2) is 12.7 Å². The molecule has 0 unspecified atom stereocenters. The summed E-state index contributed by atoms with van der Waals surface area (Å²) in [6.45, 7) is 20.1. The van der Waals surface area contributed by atoms with E-state index >= 15 is 0 Å². The summed E-state index contributed by atoms with van der Waals surface area (Å²) in [5.74, 6) is 0. The van der Waals surface area contributed by atoms with Gasteiger partial charge in [0.1, 0.15) is 0 Å². The molecule has 0 fully saturated rings. The van der Waals surface area contributed by atoms with Gasteiger partial charge in [-0.15, -0.1) is 6.58 Å². The zero-order chi connectivity index (χ0) is 18.0. The first kappa shape index (κ1) is 23.3. The van der Waals surface area contributed by atoms with Crippen molar-refractivity contribution in [1.29, 1.82) is 0 Å². The van der Waals surface area contributed by atoms with Gasteiger partial charge in [-0.25, -0.2) is 0 Å². The molecule has 2 nitrogen and oxygen atoms in total. The van der Waals surface area contributed by atoms with Gasteiger partial charge in [-0.2, -0.15) is 0 Å². The van der Waals surface area contributed by atoms with Gasteiger partial charge >= 0.3 is 8.56 Å². The van der Waals surface area contributed by atoms with Crippen LogP contribution in [0.2, 0.25) is 48.4 Å². The molecule has 0 heterocycles. The lowest BCUT2D eigenvalue weighted by Crippen LogP contribution is -2.58. The molecule has 0 aliphatic heterocycles. The third-order valence-corrected chi connectivity index (χ3v) is 22.1. The van der Waals surface area contributed by atoms with E-state index in [-0.39, 0.29) is 0 Å². The van der Waals surface area contributed by atoms with Crippen LogP contribution >= 0.6 is 0 Å². The first-order chi connectivity index (χ1) is 10.9. The number of hydrogen-bond donors (Lipinski definition) is 0. The maximum Gasteiger partial charge on any atom is 0.317 e. The van der Waals surface area contributed by atoms with E-state index in [1.165, 1.54) is 36.3 Å². The molecule has 0 spiro atoms. The van der Waals surface area contributed by atoms with E-state index in [4.69, 9.17) is 8.23 Å². The van der Waals surface area contributed by atoms with Crippen LogP contribution < -0.4 is 0 Å². The SMILES string of the molecule is C=CCC[Si](CC)(CC)O[Si](CC)(CC)O[Si](CC)(CC)CC. The molecule has 138 valence electrons. The fourth-order valence-corrected chi connectivity index (χ4v) is 19.9. The summed E-state index contributed by atoms with van der Waals surface area (Å²) in [7, 11) is -5.38. The molecule has 0 saturated carbocycles. The van der Waals surface area contributed by atoms with Crippen molar-refractivity contribution in [3.05, 3.63) is 12.7 Å². The Morgan fingerprint density at radius 3 is 1.35 bits per heavy atom. The summed E-state index contributed by atoms with van der Waals surface area (Å²) >= 11 is 0. The Balaban J connectivity index is 5.52. The predicted octanol–water partition coefficient (Wildman–Crippen LogP) is 7.07. The topological polar surface area (TPSA) is 18.5 Å². The van der Waals surface area contributed by atoms with Gasteiger partial charge in [-0.05, 0) is 54.8 Å². The molecule has 0 aliphatic carbocycles. The molecule has 0 amide bonds. The molecule has 0 atom stereocenters. The Labute approximate surface area is 149 Å². The van der Waals surface area contributed by atoms with Gasteiger partial charge in [0.25, 0.3) is 0 Å². The maximum atomic E-state index is 7.13. The minimum atomic E-state index is -2.08. The average molecular weight is 375 g/mol.